The predicted molar refractivity (Wildman–Crippen MR) is 115 cm³/mol. The fraction of sp³-hybridized carbons (Fsp3) is 0.440. The Morgan fingerprint density at radius 1 is 0.964 bits per heavy atom. The summed E-state index contributed by atoms with van der Waals surface area (Å²) in [5, 5.41) is 3.68. The van der Waals surface area contributed by atoms with Crippen molar-refractivity contribution in [2.24, 2.45) is 11.8 Å². The lowest BCUT2D eigenvalue weighted by atomic mass is 9.79. The van der Waals surface area contributed by atoms with Gasteiger partial charge in [0.05, 0.1) is 6.61 Å². The Hall–Kier alpha value is -2.26. The van der Waals surface area contributed by atoms with Crippen molar-refractivity contribution in [1.82, 2.24) is 4.90 Å². The van der Waals surface area contributed by atoms with E-state index in [2.05, 4.69) is 64.8 Å². The summed E-state index contributed by atoms with van der Waals surface area (Å²) in [4.78, 5) is 2.61. The molecule has 3 heteroatoms. The molecule has 2 aromatic rings. The van der Waals surface area contributed by atoms with E-state index in [1.807, 2.05) is 0 Å². The molecule has 4 fully saturated rings. The molecule has 28 heavy (non-hydrogen) atoms. The third-order valence-corrected chi connectivity index (χ3v) is 6.77. The van der Waals surface area contributed by atoms with Crippen LogP contribution in [0.25, 0.3) is 11.1 Å². The Morgan fingerprint density at radius 3 is 2.39 bits per heavy atom. The van der Waals surface area contributed by atoms with Crippen LogP contribution >= 0.6 is 0 Å². The molecule has 1 atom stereocenters. The van der Waals surface area contributed by atoms with Gasteiger partial charge in [0.1, 0.15) is 0 Å². The fourth-order valence-corrected chi connectivity index (χ4v) is 4.86. The van der Waals surface area contributed by atoms with Gasteiger partial charge in [0.25, 0.3) is 0 Å². The van der Waals surface area contributed by atoms with Crippen molar-refractivity contribution in [3.63, 3.8) is 0 Å². The maximum absolute atomic E-state index is 6.47. The van der Waals surface area contributed by atoms with Crippen molar-refractivity contribution < 1.29 is 4.74 Å². The maximum Gasteiger partial charge on any atom is 0.190 e. The Morgan fingerprint density at radius 2 is 1.71 bits per heavy atom. The Bertz CT molecular complexity index is 831. The van der Waals surface area contributed by atoms with Crippen molar-refractivity contribution in [3.05, 3.63) is 66.1 Å². The molecule has 1 unspecified atom stereocenters. The van der Waals surface area contributed by atoms with Gasteiger partial charge >= 0.3 is 0 Å². The highest BCUT2D eigenvalue weighted by atomic mass is 16.5. The summed E-state index contributed by atoms with van der Waals surface area (Å²) in [5.41, 5.74) is 5.05. The number of ether oxygens (including phenoxy) is 1. The third-order valence-electron chi connectivity index (χ3n) is 6.77. The second kappa shape index (κ2) is 8.00. The van der Waals surface area contributed by atoms with Gasteiger partial charge in [-0.25, -0.2) is 0 Å². The van der Waals surface area contributed by atoms with Gasteiger partial charge in [0, 0.05) is 23.7 Å². The first-order valence-corrected chi connectivity index (χ1v) is 10.9. The molecule has 0 radical (unpaired) electrons. The number of rotatable bonds is 6. The number of hydrogen-bond donors (Lipinski definition) is 1. The molecule has 4 aliphatic rings. The number of hydrogen-bond acceptors (Lipinski definition) is 3. The van der Waals surface area contributed by atoms with E-state index in [9.17, 15) is 0 Å². The van der Waals surface area contributed by atoms with Crippen LogP contribution in [-0.4, -0.2) is 31.1 Å². The standard InChI is InChI=1S/C25H30N2O/c1-2-7-20(8-3-1)23-11-4-5-12-24(23)26-25(21-9-6-10-21)28-18-22-17-27-15-13-19(22)14-16-27/h1-5,7-8,11-12,19,22,26H,6,9-10,13-18H2. The molecule has 0 spiro atoms. The molecule has 0 amide bonds. The van der Waals surface area contributed by atoms with E-state index in [0.29, 0.717) is 5.92 Å². The number of piperidine rings is 3. The predicted octanol–water partition coefficient (Wildman–Crippen LogP) is 5.52. The highest BCUT2D eigenvalue weighted by Gasteiger charge is 2.34. The minimum atomic E-state index is 0.685. The van der Waals surface area contributed by atoms with Crippen LogP contribution in [0, 0.1) is 11.8 Å². The molecule has 1 saturated carbocycles. The highest BCUT2D eigenvalue weighted by molar-refractivity contribution is 5.78. The molecule has 1 aliphatic carbocycles. The van der Waals surface area contributed by atoms with E-state index in [1.165, 1.54) is 55.6 Å². The SMILES string of the molecule is c1ccc(-c2ccccc2NC(OCC2CN3CCC2CC3)=C2CCC2)cc1. The molecule has 2 bridgehead atoms. The molecule has 3 saturated heterocycles. The van der Waals surface area contributed by atoms with E-state index in [0.717, 1.165) is 36.9 Å². The lowest BCUT2D eigenvalue weighted by Gasteiger charge is -2.44. The lowest BCUT2D eigenvalue weighted by molar-refractivity contribution is 0.00999. The van der Waals surface area contributed by atoms with Crippen LogP contribution < -0.4 is 5.32 Å². The van der Waals surface area contributed by atoms with E-state index >= 15 is 0 Å². The Kier molecular flexibility index (Phi) is 5.09. The molecule has 1 N–H and O–H groups in total. The summed E-state index contributed by atoms with van der Waals surface area (Å²) in [5.74, 6) is 2.56. The van der Waals surface area contributed by atoms with Gasteiger partial charge in [-0.05, 0) is 68.3 Å². The van der Waals surface area contributed by atoms with Gasteiger partial charge in [-0.3, -0.25) is 0 Å². The second-order valence-corrected chi connectivity index (χ2v) is 8.53. The van der Waals surface area contributed by atoms with Gasteiger partial charge in [-0.15, -0.1) is 0 Å². The van der Waals surface area contributed by atoms with Crippen LogP contribution in [0.1, 0.15) is 32.1 Å². The van der Waals surface area contributed by atoms with E-state index in [1.54, 1.807) is 0 Å². The molecule has 146 valence electrons. The monoisotopic (exact) mass is 374 g/mol. The first-order chi connectivity index (χ1) is 13.9. The normalized spacial score (nSPS) is 25.9. The van der Waals surface area contributed by atoms with Gasteiger partial charge in [0.15, 0.2) is 5.88 Å². The largest absolute Gasteiger partial charge is 0.479 e. The van der Waals surface area contributed by atoms with Crippen molar-refractivity contribution in [2.45, 2.75) is 32.1 Å². The molecule has 0 aromatic heterocycles. The topological polar surface area (TPSA) is 24.5 Å². The molecule has 3 heterocycles. The van der Waals surface area contributed by atoms with Gasteiger partial charge in [-0.1, -0.05) is 48.5 Å². The van der Waals surface area contributed by atoms with Gasteiger partial charge in [-0.2, -0.15) is 0 Å². The summed E-state index contributed by atoms with van der Waals surface area (Å²) in [6, 6.07) is 19.2. The Labute approximate surface area is 168 Å². The van der Waals surface area contributed by atoms with Crippen molar-refractivity contribution in [2.75, 3.05) is 31.6 Å². The van der Waals surface area contributed by atoms with Gasteiger partial charge < -0.3 is 15.0 Å². The fourth-order valence-electron chi connectivity index (χ4n) is 4.86. The molecule has 2 aromatic carbocycles. The summed E-state index contributed by atoms with van der Waals surface area (Å²) in [7, 11) is 0. The zero-order valence-electron chi connectivity index (χ0n) is 16.6. The number of allylic oxidation sites excluding steroid dienone is 1. The van der Waals surface area contributed by atoms with Crippen LogP contribution in [0.2, 0.25) is 0 Å². The average Bonchev–Trinajstić information content (AvgIpc) is 2.73. The second-order valence-electron chi connectivity index (χ2n) is 8.53. The summed E-state index contributed by atoms with van der Waals surface area (Å²) in [6.07, 6.45) is 6.31. The van der Waals surface area contributed by atoms with Crippen LogP contribution in [0.3, 0.4) is 0 Å². The lowest BCUT2D eigenvalue weighted by Crippen LogP contribution is -2.48. The number of anilines is 1. The first kappa shape index (κ1) is 17.8. The summed E-state index contributed by atoms with van der Waals surface area (Å²) in [6.45, 7) is 4.64. The number of fused-ring (bicyclic) bond motifs is 3. The zero-order valence-corrected chi connectivity index (χ0v) is 16.6. The number of para-hydroxylation sites is 1. The molecule has 3 nitrogen and oxygen atoms in total. The number of nitrogens with zero attached hydrogens (tertiary/aromatic N) is 1. The number of benzene rings is 2. The van der Waals surface area contributed by atoms with Crippen LogP contribution in [0.4, 0.5) is 5.69 Å². The van der Waals surface area contributed by atoms with Crippen molar-refractivity contribution in [1.29, 1.82) is 0 Å². The molecular formula is C25H30N2O. The Balaban J connectivity index is 1.33. The third kappa shape index (κ3) is 3.68. The molecule has 6 rings (SSSR count). The van der Waals surface area contributed by atoms with Crippen molar-refractivity contribution >= 4 is 5.69 Å². The van der Waals surface area contributed by atoms with Crippen molar-refractivity contribution in [3.8, 4) is 11.1 Å². The van der Waals surface area contributed by atoms with Crippen LogP contribution in [0.5, 0.6) is 0 Å². The first-order valence-electron chi connectivity index (χ1n) is 10.9. The minimum absolute atomic E-state index is 0.685. The van der Waals surface area contributed by atoms with Crippen LogP contribution in [-0.2, 0) is 4.74 Å². The molecule has 3 aliphatic heterocycles. The summed E-state index contributed by atoms with van der Waals surface area (Å²) < 4.78 is 6.47. The smallest absolute Gasteiger partial charge is 0.190 e. The van der Waals surface area contributed by atoms with Crippen LogP contribution in [0.15, 0.2) is 66.1 Å². The van der Waals surface area contributed by atoms with E-state index < -0.39 is 0 Å². The minimum Gasteiger partial charge on any atom is -0.479 e. The van der Waals surface area contributed by atoms with E-state index in [4.69, 9.17) is 4.74 Å². The number of nitrogens with one attached hydrogen (secondary N) is 1. The molecular weight excluding hydrogens is 344 g/mol. The zero-order chi connectivity index (χ0) is 18.8. The van der Waals surface area contributed by atoms with E-state index in [-0.39, 0.29) is 0 Å². The van der Waals surface area contributed by atoms with Gasteiger partial charge in [0.2, 0.25) is 0 Å². The summed E-state index contributed by atoms with van der Waals surface area (Å²) >= 11 is 0. The maximum atomic E-state index is 6.47. The quantitative estimate of drug-likeness (QED) is 0.674. The average molecular weight is 375 g/mol. The highest BCUT2D eigenvalue weighted by Crippen LogP contribution is 2.36.